The molecule has 3 heterocycles. The first-order chi connectivity index (χ1) is 18.3. The molecule has 0 aliphatic carbocycles. The number of aryl methyl sites for hydroxylation is 1. The molecule has 2 saturated heterocycles. The number of fused-ring (bicyclic) bond motifs is 1. The Morgan fingerprint density at radius 1 is 0.974 bits per heavy atom. The molecule has 5 rings (SSSR count). The molecular weight excluding hydrogens is 472 g/mol. The minimum atomic E-state index is -0.0634. The van der Waals surface area contributed by atoms with E-state index >= 15 is 0 Å². The van der Waals surface area contributed by atoms with Crippen molar-refractivity contribution in [3.05, 3.63) is 53.9 Å². The molecular formula is C31H46N6O. The van der Waals surface area contributed by atoms with Gasteiger partial charge in [-0.3, -0.25) is 9.80 Å². The quantitative estimate of drug-likeness (QED) is 0.484. The molecule has 0 amide bonds. The predicted molar refractivity (Wildman–Crippen MR) is 157 cm³/mol. The van der Waals surface area contributed by atoms with Crippen LogP contribution in [0.4, 0.5) is 5.69 Å². The van der Waals surface area contributed by atoms with Gasteiger partial charge in [0.15, 0.2) is 0 Å². The average molecular weight is 519 g/mol. The molecule has 2 aliphatic heterocycles. The third-order valence-electron chi connectivity index (χ3n) is 9.15. The Bertz CT molecular complexity index is 1230. The highest BCUT2D eigenvalue weighted by atomic mass is 16.3. The van der Waals surface area contributed by atoms with Gasteiger partial charge < -0.3 is 19.5 Å². The SMILES string of the molecule is CCCC(c1nc2cc(N3CCC(c4cccc(O)c4)(N(C)C)CC3)ccc2n1C)N1CCCN(C)CC1. The highest BCUT2D eigenvalue weighted by Crippen LogP contribution is 2.40. The van der Waals surface area contributed by atoms with Crippen LogP contribution in [0, 0.1) is 0 Å². The van der Waals surface area contributed by atoms with Gasteiger partial charge in [-0.05, 0) is 89.3 Å². The minimum absolute atomic E-state index is 0.0634. The Morgan fingerprint density at radius 3 is 2.47 bits per heavy atom. The van der Waals surface area contributed by atoms with Gasteiger partial charge >= 0.3 is 0 Å². The van der Waals surface area contributed by atoms with Crippen molar-refractivity contribution >= 4 is 16.7 Å². The summed E-state index contributed by atoms with van der Waals surface area (Å²) >= 11 is 0. The number of aromatic hydroxyl groups is 1. The first kappa shape index (κ1) is 27.0. The van der Waals surface area contributed by atoms with Crippen molar-refractivity contribution < 1.29 is 5.11 Å². The van der Waals surface area contributed by atoms with Crippen LogP contribution in [-0.4, -0.2) is 89.8 Å². The van der Waals surface area contributed by atoms with Gasteiger partial charge in [0.1, 0.15) is 11.6 Å². The monoisotopic (exact) mass is 518 g/mol. The van der Waals surface area contributed by atoms with Crippen LogP contribution in [0.2, 0.25) is 0 Å². The Hall–Kier alpha value is -2.61. The van der Waals surface area contributed by atoms with Crippen LogP contribution in [0.15, 0.2) is 42.5 Å². The topological polar surface area (TPSA) is 51.0 Å². The molecule has 1 N–H and O–H groups in total. The Morgan fingerprint density at radius 2 is 1.76 bits per heavy atom. The van der Waals surface area contributed by atoms with Crippen molar-refractivity contribution in [1.82, 2.24) is 24.3 Å². The van der Waals surface area contributed by atoms with E-state index in [1.165, 1.54) is 35.6 Å². The van der Waals surface area contributed by atoms with Gasteiger partial charge in [0.2, 0.25) is 0 Å². The van der Waals surface area contributed by atoms with E-state index in [0.717, 1.165) is 63.9 Å². The minimum Gasteiger partial charge on any atom is -0.508 e. The molecule has 1 atom stereocenters. The van der Waals surface area contributed by atoms with Gasteiger partial charge in [0.05, 0.1) is 17.1 Å². The van der Waals surface area contributed by atoms with Crippen LogP contribution in [0.3, 0.4) is 0 Å². The van der Waals surface area contributed by atoms with Gasteiger partial charge in [0.25, 0.3) is 0 Å². The molecule has 3 aromatic rings. The standard InChI is InChI=1S/C31H46N6O/c1-6-9-29(37-17-8-16-34(4)20-21-37)30-32-27-23-25(12-13-28(27)35(30)5)36-18-14-31(15-19-36,33(2)3)24-10-7-11-26(38)22-24/h7,10-13,22-23,29,38H,6,8-9,14-21H2,1-5H3. The average Bonchev–Trinajstić information content (AvgIpc) is 3.08. The van der Waals surface area contributed by atoms with Gasteiger partial charge in [0, 0.05) is 51.0 Å². The van der Waals surface area contributed by atoms with Crippen LogP contribution in [0.1, 0.15) is 56.5 Å². The van der Waals surface area contributed by atoms with E-state index in [2.05, 4.69) is 83.5 Å². The van der Waals surface area contributed by atoms with E-state index in [1.54, 1.807) is 6.07 Å². The van der Waals surface area contributed by atoms with Crippen LogP contribution < -0.4 is 4.90 Å². The number of benzene rings is 2. The number of piperidine rings is 1. The summed E-state index contributed by atoms with van der Waals surface area (Å²) in [6.07, 6.45) is 5.54. The Labute approximate surface area is 228 Å². The number of phenolic OH excluding ortho intramolecular Hbond substituents is 1. The van der Waals surface area contributed by atoms with Crippen molar-refractivity contribution in [2.24, 2.45) is 7.05 Å². The van der Waals surface area contributed by atoms with Crippen molar-refractivity contribution in [3.8, 4) is 5.75 Å². The fourth-order valence-electron chi connectivity index (χ4n) is 6.75. The fraction of sp³-hybridized carbons (Fsp3) is 0.581. The molecule has 1 unspecified atom stereocenters. The van der Waals surface area contributed by atoms with E-state index in [4.69, 9.17) is 4.98 Å². The molecule has 2 fully saturated rings. The number of imidazole rings is 1. The number of aromatic nitrogens is 2. The molecule has 206 valence electrons. The normalized spacial score (nSPS) is 20.2. The number of rotatable bonds is 7. The summed E-state index contributed by atoms with van der Waals surface area (Å²) in [4.78, 5) is 15.2. The predicted octanol–water partition coefficient (Wildman–Crippen LogP) is 4.81. The number of hydrogen-bond acceptors (Lipinski definition) is 6. The fourth-order valence-corrected chi connectivity index (χ4v) is 6.75. The molecule has 7 nitrogen and oxygen atoms in total. The van der Waals surface area contributed by atoms with Crippen LogP contribution in [0.5, 0.6) is 5.75 Å². The lowest BCUT2D eigenvalue weighted by Gasteiger charge is -2.47. The molecule has 0 saturated carbocycles. The molecule has 38 heavy (non-hydrogen) atoms. The summed E-state index contributed by atoms with van der Waals surface area (Å²) in [6, 6.07) is 15.0. The van der Waals surface area contributed by atoms with Crippen molar-refractivity contribution in [3.63, 3.8) is 0 Å². The van der Waals surface area contributed by atoms with Crippen molar-refractivity contribution in [2.75, 3.05) is 65.3 Å². The molecule has 2 aliphatic rings. The summed E-state index contributed by atoms with van der Waals surface area (Å²) in [5, 5.41) is 10.1. The maximum absolute atomic E-state index is 10.1. The van der Waals surface area contributed by atoms with Gasteiger partial charge in [-0.2, -0.15) is 0 Å². The zero-order valence-corrected chi connectivity index (χ0v) is 24.0. The highest BCUT2D eigenvalue weighted by Gasteiger charge is 2.38. The van der Waals surface area contributed by atoms with Gasteiger partial charge in [-0.25, -0.2) is 4.98 Å². The lowest BCUT2D eigenvalue weighted by molar-refractivity contribution is 0.115. The molecule has 2 aromatic carbocycles. The van der Waals surface area contributed by atoms with Gasteiger partial charge in [-0.1, -0.05) is 25.5 Å². The summed E-state index contributed by atoms with van der Waals surface area (Å²) in [6.45, 7) is 8.79. The van der Waals surface area contributed by atoms with Crippen LogP contribution >= 0.6 is 0 Å². The summed E-state index contributed by atoms with van der Waals surface area (Å²) in [7, 11) is 8.76. The number of nitrogens with zero attached hydrogens (tertiary/aromatic N) is 6. The van der Waals surface area contributed by atoms with Crippen LogP contribution in [-0.2, 0) is 12.6 Å². The second-order valence-electron chi connectivity index (χ2n) is 11.7. The smallest absolute Gasteiger partial charge is 0.127 e. The van der Waals surface area contributed by atoms with E-state index in [1.807, 2.05) is 12.1 Å². The lowest BCUT2D eigenvalue weighted by atomic mass is 9.79. The van der Waals surface area contributed by atoms with Crippen LogP contribution in [0.25, 0.3) is 11.0 Å². The Balaban J connectivity index is 1.38. The van der Waals surface area contributed by atoms with Crippen molar-refractivity contribution in [2.45, 2.75) is 50.6 Å². The zero-order chi connectivity index (χ0) is 26.9. The summed E-state index contributed by atoms with van der Waals surface area (Å²) < 4.78 is 2.34. The van der Waals surface area contributed by atoms with Gasteiger partial charge in [-0.15, -0.1) is 0 Å². The third-order valence-corrected chi connectivity index (χ3v) is 9.15. The maximum atomic E-state index is 10.1. The molecule has 7 heteroatoms. The maximum Gasteiger partial charge on any atom is 0.127 e. The largest absolute Gasteiger partial charge is 0.508 e. The van der Waals surface area contributed by atoms with Crippen molar-refractivity contribution in [1.29, 1.82) is 0 Å². The first-order valence-corrected chi connectivity index (χ1v) is 14.4. The van der Waals surface area contributed by atoms with E-state index in [9.17, 15) is 5.11 Å². The van der Waals surface area contributed by atoms with E-state index < -0.39 is 0 Å². The number of anilines is 1. The molecule has 0 bridgehead atoms. The molecule has 1 aromatic heterocycles. The lowest BCUT2D eigenvalue weighted by Crippen LogP contribution is -2.50. The van der Waals surface area contributed by atoms with E-state index in [0.29, 0.717) is 11.8 Å². The Kier molecular flexibility index (Phi) is 7.98. The number of hydrogen-bond donors (Lipinski definition) is 1. The van der Waals surface area contributed by atoms with E-state index in [-0.39, 0.29) is 5.54 Å². The molecule has 0 spiro atoms. The number of likely N-dealkylation sites (N-methyl/N-ethyl adjacent to an activating group) is 1. The summed E-state index contributed by atoms with van der Waals surface area (Å²) in [5.74, 6) is 1.55. The highest BCUT2D eigenvalue weighted by molar-refractivity contribution is 5.80. The second kappa shape index (κ2) is 11.2. The molecule has 0 radical (unpaired) electrons. The second-order valence-corrected chi connectivity index (χ2v) is 11.7. The zero-order valence-electron chi connectivity index (χ0n) is 24.0. The third kappa shape index (κ3) is 5.16. The summed E-state index contributed by atoms with van der Waals surface area (Å²) in [5.41, 5.74) is 4.72. The number of phenols is 1. The first-order valence-electron chi connectivity index (χ1n) is 14.4.